The minimum Gasteiger partial charge on any atom is -0.370 e. The number of para-hydroxylation sites is 2. The van der Waals surface area contributed by atoms with Crippen LogP contribution in [0.5, 0.6) is 0 Å². The van der Waals surface area contributed by atoms with Crippen LogP contribution in [-0.2, 0) is 10.3 Å². The molecule has 16 heavy (non-hydrogen) atoms. The second-order valence-corrected chi connectivity index (χ2v) is 4.42. The van der Waals surface area contributed by atoms with Crippen LogP contribution in [0.15, 0.2) is 24.3 Å². The first-order valence-corrected chi connectivity index (χ1v) is 6.51. The lowest BCUT2D eigenvalue weighted by Crippen LogP contribution is -2.24. The number of nitrogens with zero attached hydrogens (tertiary/aromatic N) is 1. The van der Waals surface area contributed by atoms with Crippen LogP contribution in [0.2, 0.25) is 0 Å². The third-order valence-electron chi connectivity index (χ3n) is 2.25. The van der Waals surface area contributed by atoms with Crippen LogP contribution in [0, 0.1) is 0 Å². The minimum absolute atomic E-state index is 0.383. The zero-order chi connectivity index (χ0) is 12.2. The van der Waals surface area contributed by atoms with Crippen molar-refractivity contribution in [2.45, 2.75) is 13.8 Å². The summed E-state index contributed by atoms with van der Waals surface area (Å²) in [4.78, 5) is 1.99. The molecule has 0 fully saturated rings. The average molecular weight is 244 g/mol. The summed E-state index contributed by atoms with van der Waals surface area (Å²) >= 11 is 0. The molecule has 0 unspecified atom stereocenters. The molecule has 6 heteroatoms. The fourth-order valence-corrected chi connectivity index (χ4v) is 1.99. The molecule has 1 aromatic carbocycles. The smallest absolute Gasteiger partial charge is 0.357 e. The second kappa shape index (κ2) is 5.18. The van der Waals surface area contributed by atoms with Crippen LogP contribution < -0.4 is 9.62 Å². The van der Waals surface area contributed by atoms with E-state index in [1.54, 1.807) is 18.2 Å². The van der Waals surface area contributed by atoms with Gasteiger partial charge in [0.25, 0.3) is 0 Å². The Bertz CT molecular complexity index is 441. The third-order valence-corrected chi connectivity index (χ3v) is 2.72. The molecule has 0 aromatic heterocycles. The molecule has 0 aliphatic heterocycles. The van der Waals surface area contributed by atoms with Crippen LogP contribution in [0.1, 0.15) is 13.8 Å². The van der Waals surface area contributed by atoms with Crippen LogP contribution in [0.3, 0.4) is 0 Å². The van der Waals surface area contributed by atoms with E-state index in [-0.39, 0.29) is 0 Å². The largest absolute Gasteiger partial charge is 0.370 e. The maximum atomic E-state index is 10.8. The molecular formula is C10H16N2O3S. The van der Waals surface area contributed by atoms with Gasteiger partial charge in [0.05, 0.1) is 11.4 Å². The maximum absolute atomic E-state index is 10.8. The van der Waals surface area contributed by atoms with Crippen molar-refractivity contribution in [3.8, 4) is 0 Å². The standard InChI is InChI=1S/C10H16N2O3S/c1-3-12(4-2)10-8-6-5-7-9(10)11-16(13,14)15/h5-8,11H,3-4H2,1-2H3,(H,13,14,15). The van der Waals surface area contributed by atoms with Gasteiger partial charge < -0.3 is 4.90 Å². The number of rotatable bonds is 5. The van der Waals surface area contributed by atoms with E-state index < -0.39 is 10.3 Å². The Morgan fingerprint density at radius 3 is 2.31 bits per heavy atom. The van der Waals surface area contributed by atoms with Gasteiger partial charge in [0.2, 0.25) is 0 Å². The van der Waals surface area contributed by atoms with Crippen molar-refractivity contribution >= 4 is 21.7 Å². The summed E-state index contributed by atoms with van der Waals surface area (Å²) in [6.45, 7) is 5.49. The highest BCUT2D eigenvalue weighted by atomic mass is 32.2. The number of benzene rings is 1. The number of hydrogen-bond donors (Lipinski definition) is 2. The molecule has 0 heterocycles. The summed E-state index contributed by atoms with van der Waals surface area (Å²) in [5.41, 5.74) is 1.14. The van der Waals surface area contributed by atoms with E-state index in [4.69, 9.17) is 4.55 Å². The summed E-state index contributed by atoms with van der Waals surface area (Å²) in [5, 5.41) is 0. The maximum Gasteiger partial charge on any atom is 0.357 e. The molecule has 0 atom stereocenters. The van der Waals surface area contributed by atoms with Crippen molar-refractivity contribution < 1.29 is 13.0 Å². The van der Waals surface area contributed by atoms with Gasteiger partial charge in [-0.2, -0.15) is 8.42 Å². The Hall–Kier alpha value is -1.27. The van der Waals surface area contributed by atoms with Gasteiger partial charge in [-0.15, -0.1) is 0 Å². The molecule has 0 bridgehead atoms. The van der Waals surface area contributed by atoms with Gasteiger partial charge in [0.15, 0.2) is 0 Å². The number of anilines is 2. The Labute approximate surface area is 96.0 Å². The van der Waals surface area contributed by atoms with Gasteiger partial charge in [-0.05, 0) is 26.0 Å². The highest BCUT2D eigenvalue weighted by molar-refractivity contribution is 7.87. The zero-order valence-corrected chi connectivity index (χ0v) is 10.2. The Morgan fingerprint density at radius 2 is 1.81 bits per heavy atom. The monoisotopic (exact) mass is 244 g/mol. The molecule has 1 aromatic rings. The van der Waals surface area contributed by atoms with Gasteiger partial charge in [-0.1, -0.05) is 12.1 Å². The SMILES string of the molecule is CCN(CC)c1ccccc1NS(=O)(=O)O. The molecule has 0 aliphatic carbocycles. The number of nitrogens with one attached hydrogen (secondary N) is 1. The molecule has 0 amide bonds. The summed E-state index contributed by atoms with van der Waals surface area (Å²) in [6, 6.07) is 6.95. The van der Waals surface area contributed by atoms with Gasteiger partial charge in [-0.25, -0.2) is 0 Å². The van der Waals surface area contributed by atoms with Crippen molar-refractivity contribution in [2.75, 3.05) is 22.7 Å². The van der Waals surface area contributed by atoms with Crippen molar-refractivity contribution in [2.24, 2.45) is 0 Å². The average Bonchev–Trinajstić information content (AvgIpc) is 2.20. The van der Waals surface area contributed by atoms with Crippen molar-refractivity contribution in [1.29, 1.82) is 0 Å². The van der Waals surface area contributed by atoms with Gasteiger partial charge >= 0.3 is 10.3 Å². The molecule has 5 nitrogen and oxygen atoms in total. The van der Waals surface area contributed by atoms with Crippen LogP contribution in [0.4, 0.5) is 11.4 Å². The van der Waals surface area contributed by atoms with E-state index in [2.05, 4.69) is 4.72 Å². The first-order chi connectivity index (χ1) is 7.48. The molecule has 2 N–H and O–H groups in total. The molecule has 0 saturated carbocycles. The lowest BCUT2D eigenvalue weighted by atomic mass is 10.2. The van der Waals surface area contributed by atoms with Gasteiger partial charge in [0.1, 0.15) is 0 Å². The molecule has 0 saturated heterocycles. The Balaban J connectivity index is 3.09. The molecule has 0 aliphatic rings. The van der Waals surface area contributed by atoms with E-state index in [0.717, 1.165) is 18.8 Å². The van der Waals surface area contributed by atoms with Gasteiger partial charge in [0, 0.05) is 13.1 Å². The molecule has 90 valence electrons. The highest BCUT2D eigenvalue weighted by Crippen LogP contribution is 2.25. The van der Waals surface area contributed by atoms with E-state index >= 15 is 0 Å². The fraction of sp³-hybridized carbons (Fsp3) is 0.400. The predicted molar refractivity (Wildman–Crippen MR) is 65.2 cm³/mol. The van der Waals surface area contributed by atoms with E-state index in [0.29, 0.717) is 5.69 Å². The third kappa shape index (κ3) is 3.39. The van der Waals surface area contributed by atoms with E-state index in [1.165, 1.54) is 0 Å². The minimum atomic E-state index is -4.23. The Morgan fingerprint density at radius 1 is 1.25 bits per heavy atom. The fourth-order valence-electron chi connectivity index (χ4n) is 1.54. The van der Waals surface area contributed by atoms with Crippen molar-refractivity contribution in [1.82, 2.24) is 0 Å². The van der Waals surface area contributed by atoms with Gasteiger partial charge in [-0.3, -0.25) is 9.27 Å². The van der Waals surface area contributed by atoms with E-state index in [9.17, 15) is 8.42 Å². The zero-order valence-electron chi connectivity index (χ0n) is 9.34. The Kier molecular flexibility index (Phi) is 4.14. The van der Waals surface area contributed by atoms with Crippen LogP contribution in [0.25, 0.3) is 0 Å². The molecule has 1 rings (SSSR count). The molecule has 0 radical (unpaired) electrons. The normalized spacial score (nSPS) is 11.2. The molecular weight excluding hydrogens is 228 g/mol. The van der Waals surface area contributed by atoms with E-state index in [1.807, 2.05) is 24.8 Å². The van der Waals surface area contributed by atoms with Crippen molar-refractivity contribution in [3.05, 3.63) is 24.3 Å². The lowest BCUT2D eigenvalue weighted by molar-refractivity contribution is 0.489. The summed E-state index contributed by atoms with van der Waals surface area (Å²) < 4.78 is 32.4. The van der Waals surface area contributed by atoms with Crippen LogP contribution >= 0.6 is 0 Å². The van der Waals surface area contributed by atoms with Crippen molar-refractivity contribution in [3.63, 3.8) is 0 Å². The summed E-state index contributed by atoms with van der Waals surface area (Å²) in [6.07, 6.45) is 0. The summed E-state index contributed by atoms with van der Waals surface area (Å²) in [5.74, 6) is 0. The summed E-state index contributed by atoms with van der Waals surface area (Å²) in [7, 11) is -4.23. The predicted octanol–water partition coefficient (Wildman–Crippen LogP) is 1.75. The first-order valence-electron chi connectivity index (χ1n) is 5.07. The quantitative estimate of drug-likeness (QED) is 0.774. The number of hydrogen-bond acceptors (Lipinski definition) is 3. The lowest BCUT2D eigenvalue weighted by Gasteiger charge is -2.23. The molecule has 0 spiro atoms. The first kappa shape index (κ1) is 12.8. The second-order valence-electron chi connectivity index (χ2n) is 3.27. The topological polar surface area (TPSA) is 69.6 Å². The highest BCUT2D eigenvalue weighted by Gasteiger charge is 2.11. The van der Waals surface area contributed by atoms with Crippen LogP contribution in [-0.4, -0.2) is 26.1 Å².